The van der Waals surface area contributed by atoms with Gasteiger partial charge in [-0.1, -0.05) is 12.1 Å². The van der Waals surface area contributed by atoms with E-state index in [1.807, 2.05) is 12.1 Å². The molecule has 0 heterocycles. The summed E-state index contributed by atoms with van der Waals surface area (Å²) in [7, 11) is 1.61. The van der Waals surface area contributed by atoms with Gasteiger partial charge in [-0.3, -0.25) is 9.59 Å². The van der Waals surface area contributed by atoms with Crippen LogP contribution in [0.2, 0.25) is 0 Å². The van der Waals surface area contributed by atoms with Gasteiger partial charge in [0.25, 0.3) is 0 Å². The van der Waals surface area contributed by atoms with E-state index in [1.165, 1.54) is 0 Å². The molecule has 0 aliphatic carbocycles. The van der Waals surface area contributed by atoms with Gasteiger partial charge in [-0.25, -0.2) is 0 Å². The molecular formula is C13H19N3O2. The zero-order chi connectivity index (χ0) is 13.4. The van der Waals surface area contributed by atoms with Gasteiger partial charge >= 0.3 is 0 Å². The summed E-state index contributed by atoms with van der Waals surface area (Å²) in [6.07, 6.45) is 1.45. The van der Waals surface area contributed by atoms with Gasteiger partial charge in [0.15, 0.2) is 0 Å². The molecule has 0 aromatic heterocycles. The average molecular weight is 249 g/mol. The lowest BCUT2D eigenvalue weighted by molar-refractivity contribution is -0.120. The zero-order valence-corrected chi connectivity index (χ0v) is 10.5. The van der Waals surface area contributed by atoms with Crippen LogP contribution in [0.15, 0.2) is 24.3 Å². The molecule has 0 radical (unpaired) electrons. The molecule has 0 unspecified atom stereocenters. The van der Waals surface area contributed by atoms with Crippen molar-refractivity contribution in [3.8, 4) is 0 Å². The molecule has 1 rings (SSSR count). The van der Waals surface area contributed by atoms with E-state index in [9.17, 15) is 9.59 Å². The summed E-state index contributed by atoms with van der Waals surface area (Å²) >= 11 is 0. The molecule has 0 saturated carbocycles. The van der Waals surface area contributed by atoms with Crippen molar-refractivity contribution in [2.75, 3.05) is 18.9 Å². The van der Waals surface area contributed by atoms with Crippen LogP contribution in [0.3, 0.4) is 0 Å². The number of likely N-dealkylation sites (N-methyl/N-ethyl adjacent to an activating group) is 1. The highest BCUT2D eigenvalue weighted by atomic mass is 16.2. The monoisotopic (exact) mass is 249 g/mol. The van der Waals surface area contributed by atoms with Crippen molar-refractivity contribution >= 4 is 17.5 Å². The second-order valence-electron chi connectivity index (χ2n) is 3.99. The third-order valence-electron chi connectivity index (χ3n) is 2.49. The molecule has 18 heavy (non-hydrogen) atoms. The van der Waals surface area contributed by atoms with Crippen LogP contribution in [-0.4, -0.2) is 25.4 Å². The summed E-state index contributed by atoms with van der Waals surface area (Å²) in [5, 5.41) is 5.34. The number of nitrogens with two attached hydrogens (primary N) is 1. The number of nitrogens with one attached hydrogen (secondary N) is 2. The molecule has 0 aliphatic heterocycles. The predicted octanol–water partition coefficient (Wildman–Crippen LogP) is 0.652. The highest BCUT2D eigenvalue weighted by Crippen LogP contribution is 2.10. The topological polar surface area (TPSA) is 84.2 Å². The first-order valence-electron chi connectivity index (χ1n) is 5.95. The Morgan fingerprint density at radius 2 is 1.83 bits per heavy atom. The fourth-order valence-electron chi connectivity index (χ4n) is 1.47. The van der Waals surface area contributed by atoms with Gasteiger partial charge in [-0.2, -0.15) is 0 Å². The van der Waals surface area contributed by atoms with Crippen LogP contribution in [0, 0.1) is 0 Å². The fourth-order valence-corrected chi connectivity index (χ4v) is 1.47. The van der Waals surface area contributed by atoms with Crippen molar-refractivity contribution in [2.24, 2.45) is 5.73 Å². The number of carbonyl (C=O) groups excluding carboxylic acids is 2. The molecule has 2 amide bonds. The Hall–Kier alpha value is -1.88. The maximum atomic E-state index is 11.4. The van der Waals surface area contributed by atoms with E-state index in [1.54, 1.807) is 19.2 Å². The molecule has 0 bridgehead atoms. The summed E-state index contributed by atoms with van der Waals surface area (Å²) in [6.45, 7) is 0.512. The number of rotatable bonds is 6. The molecular weight excluding hydrogens is 230 g/mol. The van der Waals surface area contributed by atoms with Crippen LogP contribution >= 0.6 is 0 Å². The van der Waals surface area contributed by atoms with Crippen LogP contribution in [0.5, 0.6) is 0 Å². The van der Waals surface area contributed by atoms with Gasteiger partial charge in [0, 0.05) is 19.2 Å². The second-order valence-corrected chi connectivity index (χ2v) is 3.99. The Balaban J connectivity index is 2.49. The number of hydrogen-bond donors (Lipinski definition) is 3. The SMILES string of the molecule is CNC(=O)Cc1ccc(NC(=O)CCCN)cc1. The zero-order valence-electron chi connectivity index (χ0n) is 10.5. The fraction of sp³-hybridized carbons (Fsp3) is 0.385. The number of anilines is 1. The van der Waals surface area contributed by atoms with E-state index in [4.69, 9.17) is 5.73 Å². The third-order valence-corrected chi connectivity index (χ3v) is 2.49. The summed E-state index contributed by atoms with van der Waals surface area (Å²) in [5.41, 5.74) is 6.98. The van der Waals surface area contributed by atoms with Gasteiger partial charge in [-0.05, 0) is 30.7 Å². The second kappa shape index (κ2) is 7.45. The smallest absolute Gasteiger partial charge is 0.224 e. The van der Waals surface area contributed by atoms with Crippen molar-refractivity contribution < 1.29 is 9.59 Å². The van der Waals surface area contributed by atoms with E-state index in [2.05, 4.69) is 10.6 Å². The first-order valence-corrected chi connectivity index (χ1v) is 5.95. The Morgan fingerprint density at radius 3 is 2.39 bits per heavy atom. The molecule has 1 aromatic rings. The summed E-state index contributed by atoms with van der Waals surface area (Å²) in [5.74, 6) is -0.0748. The molecule has 5 heteroatoms. The van der Waals surface area contributed by atoms with Crippen LogP contribution in [0.1, 0.15) is 18.4 Å². The normalized spacial score (nSPS) is 9.89. The van der Waals surface area contributed by atoms with Crippen molar-refractivity contribution in [2.45, 2.75) is 19.3 Å². The van der Waals surface area contributed by atoms with Crippen molar-refractivity contribution in [3.05, 3.63) is 29.8 Å². The standard InChI is InChI=1S/C13H19N3O2/c1-15-13(18)9-10-4-6-11(7-5-10)16-12(17)3-2-8-14/h4-7H,2-3,8-9,14H2,1H3,(H,15,18)(H,16,17). The van der Waals surface area contributed by atoms with E-state index < -0.39 is 0 Å². The number of amides is 2. The maximum absolute atomic E-state index is 11.4. The minimum absolute atomic E-state index is 0.0327. The van der Waals surface area contributed by atoms with Crippen LogP contribution in [-0.2, 0) is 16.0 Å². The Bertz CT molecular complexity index is 401. The molecule has 1 aromatic carbocycles. The number of hydrogen-bond acceptors (Lipinski definition) is 3. The predicted molar refractivity (Wildman–Crippen MR) is 71.1 cm³/mol. The van der Waals surface area contributed by atoms with E-state index in [-0.39, 0.29) is 11.8 Å². The third kappa shape index (κ3) is 4.97. The highest BCUT2D eigenvalue weighted by Gasteiger charge is 2.03. The summed E-state index contributed by atoms with van der Waals surface area (Å²) in [4.78, 5) is 22.6. The minimum Gasteiger partial charge on any atom is -0.359 e. The van der Waals surface area contributed by atoms with Crippen molar-refractivity contribution in [1.29, 1.82) is 0 Å². The Kier molecular flexibility index (Phi) is 5.87. The quantitative estimate of drug-likeness (QED) is 0.692. The Labute approximate surface area is 107 Å². The highest BCUT2D eigenvalue weighted by molar-refractivity contribution is 5.90. The van der Waals surface area contributed by atoms with E-state index >= 15 is 0 Å². The molecule has 0 aliphatic rings. The van der Waals surface area contributed by atoms with Crippen molar-refractivity contribution in [1.82, 2.24) is 5.32 Å². The van der Waals surface area contributed by atoms with Gasteiger partial charge in [0.1, 0.15) is 0 Å². The molecule has 0 spiro atoms. The molecule has 0 fully saturated rings. The minimum atomic E-state index is -0.0421. The van der Waals surface area contributed by atoms with Gasteiger partial charge in [0.05, 0.1) is 6.42 Å². The molecule has 98 valence electrons. The molecule has 4 N–H and O–H groups in total. The van der Waals surface area contributed by atoms with Gasteiger partial charge in [0.2, 0.25) is 11.8 Å². The van der Waals surface area contributed by atoms with Crippen molar-refractivity contribution in [3.63, 3.8) is 0 Å². The summed E-state index contributed by atoms with van der Waals surface area (Å²) in [6, 6.07) is 7.23. The first kappa shape index (κ1) is 14.2. The molecule has 0 atom stereocenters. The molecule has 0 saturated heterocycles. The van der Waals surface area contributed by atoms with Crippen LogP contribution < -0.4 is 16.4 Å². The van der Waals surface area contributed by atoms with Crippen LogP contribution in [0.4, 0.5) is 5.69 Å². The Morgan fingerprint density at radius 1 is 1.17 bits per heavy atom. The lowest BCUT2D eigenvalue weighted by Gasteiger charge is -2.06. The first-order chi connectivity index (χ1) is 8.65. The lowest BCUT2D eigenvalue weighted by atomic mass is 10.1. The van der Waals surface area contributed by atoms with E-state index in [0.717, 1.165) is 11.3 Å². The number of benzene rings is 1. The van der Waals surface area contributed by atoms with Gasteiger partial charge in [-0.15, -0.1) is 0 Å². The molecule has 5 nitrogen and oxygen atoms in total. The summed E-state index contributed by atoms with van der Waals surface area (Å²) < 4.78 is 0. The maximum Gasteiger partial charge on any atom is 0.224 e. The average Bonchev–Trinajstić information content (AvgIpc) is 2.38. The van der Waals surface area contributed by atoms with Crippen LogP contribution in [0.25, 0.3) is 0 Å². The van der Waals surface area contributed by atoms with E-state index in [0.29, 0.717) is 25.8 Å². The lowest BCUT2D eigenvalue weighted by Crippen LogP contribution is -2.19. The largest absolute Gasteiger partial charge is 0.359 e. The van der Waals surface area contributed by atoms with Gasteiger partial charge < -0.3 is 16.4 Å². The number of carbonyl (C=O) groups is 2.